The lowest BCUT2D eigenvalue weighted by Crippen LogP contribution is -2.50. The van der Waals surface area contributed by atoms with E-state index in [2.05, 4.69) is 65.6 Å². The zero-order chi connectivity index (χ0) is 20.6. The molecule has 160 valence electrons. The highest BCUT2D eigenvalue weighted by atomic mass is 16.2. The zero-order valence-electron chi connectivity index (χ0n) is 18.3. The maximum absolute atomic E-state index is 12.3. The van der Waals surface area contributed by atoms with Crippen molar-refractivity contribution in [3.05, 3.63) is 35.4 Å². The largest absolute Gasteiger partial charge is 0.357 e. The van der Waals surface area contributed by atoms with Crippen LogP contribution in [0.3, 0.4) is 0 Å². The van der Waals surface area contributed by atoms with Crippen molar-refractivity contribution in [1.82, 2.24) is 20.4 Å². The molecule has 2 heterocycles. The van der Waals surface area contributed by atoms with E-state index in [1.807, 2.05) is 4.90 Å². The Labute approximate surface area is 175 Å². The first-order valence-corrected chi connectivity index (χ1v) is 11.2. The van der Waals surface area contributed by atoms with Gasteiger partial charge < -0.3 is 15.5 Å². The molecule has 3 rings (SSSR count). The van der Waals surface area contributed by atoms with Crippen LogP contribution in [0.5, 0.6) is 0 Å². The van der Waals surface area contributed by atoms with E-state index in [0.717, 1.165) is 64.5 Å². The fourth-order valence-electron chi connectivity index (χ4n) is 4.34. The first-order chi connectivity index (χ1) is 14.1. The van der Waals surface area contributed by atoms with Crippen LogP contribution in [0, 0.1) is 5.92 Å². The number of nitrogens with one attached hydrogen (secondary N) is 2. The molecule has 1 fully saturated rings. The van der Waals surface area contributed by atoms with Crippen molar-refractivity contribution in [2.24, 2.45) is 10.9 Å². The van der Waals surface area contributed by atoms with Crippen molar-refractivity contribution in [2.45, 2.75) is 52.6 Å². The van der Waals surface area contributed by atoms with Crippen LogP contribution in [0.1, 0.15) is 44.7 Å². The molecule has 1 atom stereocenters. The Morgan fingerprint density at radius 1 is 1.10 bits per heavy atom. The van der Waals surface area contributed by atoms with Gasteiger partial charge in [0.1, 0.15) is 6.54 Å². The monoisotopic (exact) mass is 399 g/mol. The molecule has 0 bridgehead atoms. The van der Waals surface area contributed by atoms with Crippen molar-refractivity contribution in [3.63, 3.8) is 0 Å². The number of guanidine groups is 1. The molecular weight excluding hydrogens is 362 g/mol. The molecule has 0 radical (unpaired) electrons. The van der Waals surface area contributed by atoms with Crippen LogP contribution in [0.2, 0.25) is 0 Å². The van der Waals surface area contributed by atoms with Crippen molar-refractivity contribution < 1.29 is 4.79 Å². The Morgan fingerprint density at radius 3 is 2.52 bits per heavy atom. The predicted molar refractivity (Wildman–Crippen MR) is 119 cm³/mol. The smallest absolute Gasteiger partial charge is 0.244 e. The van der Waals surface area contributed by atoms with E-state index < -0.39 is 0 Å². The molecule has 0 aliphatic carbocycles. The van der Waals surface area contributed by atoms with E-state index in [-0.39, 0.29) is 12.5 Å². The third-order valence-corrected chi connectivity index (χ3v) is 6.05. The van der Waals surface area contributed by atoms with Crippen LogP contribution in [-0.4, -0.2) is 67.0 Å². The lowest BCUT2D eigenvalue weighted by atomic mass is 9.95. The summed E-state index contributed by atoms with van der Waals surface area (Å²) in [5, 5.41) is 6.79. The highest BCUT2D eigenvalue weighted by molar-refractivity contribution is 5.85. The Bertz CT molecular complexity index is 696. The van der Waals surface area contributed by atoms with E-state index in [1.165, 1.54) is 11.1 Å². The first kappa shape index (κ1) is 21.6. The number of hydrogen-bond acceptors (Lipinski definition) is 3. The maximum Gasteiger partial charge on any atom is 0.244 e. The van der Waals surface area contributed by atoms with Gasteiger partial charge >= 0.3 is 0 Å². The highest BCUT2D eigenvalue weighted by Gasteiger charge is 2.26. The number of hydrogen-bond donors (Lipinski definition) is 2. The number of carbonyl (C=O) groups is 1. The van der Waals surface area contributed by atoms with Gasteiger partial charge in [0, 0.05) is 45.3 Å². The standard InChI is InChI=1S/C23H37N5O/c1-4-24-23(26-16-22(29)27-12-7-8-13-27)25-15-21(18(2)3)28-14-11-19-9-5-6-10-20(19)17-28/h5-6,9-10,18,21H,4,7-8,11-17H2,1-3H3,(H2,24,25,26). The molecule has 1 unspecified atom stereocenters. The van der Waals surface area contributed by atoms with Gasteiger partial charge in [0.2, 0.25) is 5.91 Å². The van der Waals surface area contributed by atoms with Gasteiger partial charge in [-0.3, -0.25) is 9.69 Å². The third kappa shape index (κ3) is 5.95. The topological polar surface area (TPSA) is 60.0 Å². The van der Waals surface area contributed by atoms with Crippen molar-refractivity contribution in [2.75, 3.05) is 39.3 Å². The summed E-state index contributed by atoms with van der Waals surface area (Å²) in [4.78, 5) is 21.4. The van der Waals surface area contributed by atoms with Gasteiger partial charge in [-0.15, -0.1) is 0 Å². The molecule has 1 amide bonds. The second-order valence-corrected chi connectivity index (χ2v) is 8.46. The Kier molecular flexibility index (Phi) is 7.92. The molecule has 6 nitrogen and oxygen atoms in total. The second kappa shape index (κ2) is 10.6. The van der Waals surface area contributed by atoms with Gasteiger partial charge in [0.05, 0.1) is 0 Å². The highest BCUT2D eigenvalue weighted by Crippen LogP contribution is 2.22. The van der Waals surface area contributed by atoms with E-state index in [4.69, 9.17) is 0 Å². The molecule has 2 aliphatic heterocycles. The number of fused-ring (bicyclic) bond motifs is 1. The second-order valence-electron chi connectivity index (χ2n) is 8.46. The number of nitrogens with zero attached hydrogens (tertiary/aromatic N) is 3. The molecule has 2 aliphatic rings. The van der Waals surface area contributed by atoms with E-state index in [9.17, 15) is 4.79 Å². The Balaban J connectivity index is 1.58. The molecule has 2 N–H and O–H groups in total. The number of amides is 1. The van der Waals surface area contributed by atoms with Gasteiger partial charge in [0.15, 0.2) is 5.96 Å². The number of rotatable bonds is 7. The van der Waals surface area contributed by atoms with Gasteiger partial charge in [-0.2, -0.15) is 0 Å². The fourth-order valence-corrected chi connectivity index (χ4v) is 4.34. The number of aliphatic imine (C=N–C) groups is 1. The zero-order valence-corrected chi connectivity index (χ0v) is 18.3. The van der Waals surface area contributed by atoms with E-state index in [1.54, 1.807) is 0 Å². The summed E-state index contributed by atoms with van der Waals surface area (Å²) in [5.41, 5.74) is 2.93. The molecule has 0 saturated carbocycles. The molecule has 1 aromatic carbocycles. The van der Waals surface area contributed by atoms with E-state index in [0.29, 0.717) is 12.0 Å². The summed E-state index contributed by atoms with van der Waals surface area (Å²) in [7, 11) is 0. The summed E-state index contributed by atoms with van der Waals surface area (Å²) in [6.07, 6.45) is 3.34. The normalized spacial score (nSPS) is 18.6. The maximum atomic E-state index is 12.3. The Morgan fingerprint density at radius 2 is 1.83 bits per heavy atom. The minimum atomic E-state index is 0.132. The van der Waals surface area contributed by atoms with Gasteiger partial charge in [-0.1, -0.05) is 38.1 Å². The lowest BCUT2D eigenvalue weighted by molar-refractivity contribution is -0.128. The molecule has 0 aromatic heterocycles. The number of likely N-dealkylation sites (tertiary alicyclic amines) is 1. The molecular formula is C23H37N5O. The molecule has 6 heteroatoms. The number of benzene rings is 1. The van der Waals surface area contributed by atoms with Crippen molar-refractivity contribution >= 4 is 11.9 Å². The predicted octanol–water partition coefficient (Wildman–Crippen LogP) is 2.25. The van der Waals surface area contributed by atoms with Gasteiger partial charge in [-0.25, -0.2) is 4.99 Å². The summed E-state index contributed by atoms with van der Waals surface area (Å²) >= 11 is 0. The number of carbonyl (C=O) groups excluding carboxylic acids is 1. The van der Waals surface area contributed by atoms with Crippen LogP contribution < -0.4 is 10.6 Å². The molecule has 29 heavy (non-hydrogen) atoms. The van der Waals surface area contributed by atoms with Gasteiger partial charge in [-0.05, 0) is 43.2 Å². The van der Waals surface area contributed by atoms with Crippen LogP contribution in [0.4, 0.5) is 0 Å². The minimum Gasteiger partial charge on any atom is -0.357 e. The molecule has 1 aromatic rings. The Hall–Kier alpha value is -2.08. The molecule has 0 spiro atoms. The van der Waals surface area contributed by atoms with Crippen LogP contribution in [0.25, 0.3) is 0 Å². The summed E-state index contributed by atoms with van der Waals surface area (Å²) in [5.74, 6) is 1.40. The van der Waals surface area contributed by atoms with E-state index >= 15 is 0 Å². The minimum absolute atomic E-state index is 0.132. The fraction of sp³-hybridized carbons (Fsp3) is 0.652. The van der Waals surface area contributed by atoms with Crippen LogP contribution in [-0.2, 0) is 17.8 Å². The SMILES string of the molecule is CCNC(=NCC(=O)N1CCCC1)NCC(C(C)C)N1CCc2ccccc2C1. The van der Waals surface area contributed by atoms with Gasteiger partial charge in [0.25, 0.3) is 0 Å². The lowest BCUT2D eigenvalue weighted by Gasteiger charge is -2.38. The van der Waals surface area contributed by atoms with Crippen molar-refractivity contribution in [3.8, 4) is 0 Å². The first-order valence-electron chi connectivity index (χ1n) is 11.2. The molecule has 1 saturated heterocycles. The van der Waals surface area contributed by atoms with Crippen molar-refractivity contribution in [1.29, 1.82) is 0 Å². The third-order valence-electron chi connectivity index (χ3n) is 6.05. The summed E-state index contributed by atoms with van der Waals surface area (Å²) in [6.45, 7) is 12.3. The quantitative estimate of drug-likeness (QED) is 0.545. The average molecular weight is 400 g/mol. The summed E-state index contributed by atoms with van der Waals surface area (Å²) in [6, 6.07) is 9.20. The van der Waals surface area contributed by atoms with Crippen LogP contribution in [0.15, 0.2) is 29.3 Å². The average Bonchev–Trinajstić information content (AvgIpc) is 3.26. The van der Waals surface area contributed by atoms with Crippen LogP contribution >= 0.6 is 0 Å². The summed E-state index contributed by atoms with van der Waals surface area (Å²) < 4.78 is 0.